The molecule has 0 atom stereocenters. The second-order valence-corrected chi connectivity index (χ2v) is 2.27. The summed E-state index contributed by atoms with van der Waals surface area (Å²) in [4.78, 5) is 21.7. The van der Waals surface area contributed by atoms with Gasteiger partial charge in [-0.05, 0) is 13.0 Å². The van der Waals surface area contributed by atoms with E-state index in [9.17, 15) is 9.59 Å². The van der Waals surface area contributed by atoms with Crippen LogP contribution < -0.4 is 0 Å². The highest BCUT2D eigenvalue weighted by Gasteiger charge is 2.18. The largest absolute Gasteiger partial charge is 0.497 e. The summed E-state index contributed by atoms with van der Waals surface area (Å²) < 4.78 is 4.79. The maximum Gasteiger partial charge on any atom is 0.229 e. The zero-order valence-corrected chi connectivity index (χ0v) is 6.38. The van der Waals surface area contributed by atoms with Crippen LogP contribution in [0.5, 0.6) is 0 Å². The van der Waals surface area contributed by atoms with E-state index in [0.29, 0.717) is 11.3 Å². The highest BCUT2D eigenvalue weighted by atomic mass is 16.5. The molecule has 0 N–H and O–H groups in total. The Bertz CT molecular complexity index is 271. The minimum absolute atomic E-state index is 0.425. The normalized spacial score (nSPS) is 17.6. The van der Waals surface area contributed by atoms with Crippen LogP contribution in [-0.4, -0.2) is 18.7 Å². The third-order valence-corrected chi connectivity index (χ3v) is 1.45. The topological polar surface area (TPSA) is 43.4 Å². The number of ether oxygens (including phenoxy) is 1. The molecule has 11 heavy (non-hydrogen) atoms. The van der Waals surface area contributed by atoms with Crippen LogP contribution in [-0.2, 0) is 14.3 Å². The predicted molar refractivity (Wildman–Crippen MR) is 38.9 cm³/mol. The molecule has 0 aromatic heterocycles. The molecule has 0 amide bonds. The smallest absolute Gasteiger partial charge is 0.229 e. The number of carbonyl (C=O) groups excluding carboxylic acids is 2. The van der Waals surface area contributed by atoms with E-state index in [0.717, 1.165) is 0 Å². The van der Waals surface area contributed by atoms with Crippen LogP contribution in [0.1, 0.15) is 6.92 Å². The van der Waals surface area contributed by atoms with Crippen molar-refractivity contribution in [1.82, 2.24) is 0 Å². The molecule has 1 aliphatic carbocycles. The molecule has 0 heterocycles. The summed E-state index contributed by atoms with van der Waals surface area (Å²) in [6.07, 6.45) is 2.74. The van der Waals surface area contributed by atoms with Crippen LogP contribution in [0.4, 0.5) is 0 Å². The van der Waals surface area contributed by atoms with E-state index in [2.05, 4.69) is 0 Å². The number of ketones is 2. The summed E-state index contributed by atoms with van der Waals surface area (Å²) in [5, 5.41) is 0. The third-order valence-electron chi connectivity index (χ3n) is 1.45. The zero-order chi connectivity index (χ0) is 8.43. The lowest BCUT2D eigenvalue weighted by molar-refractivity contribution is -0.131. The lowest BCUT2D eigenvalue weighted by Crippen LogP contribution is -2.16. The number of allylic oxidation sites excluding steroid dienone is 3. The Morgan fingerprint density at radius 1 is 1.27 bits per heavy atom. The standard InChI is InChI=1S/C8H8O3/c1-5-3-6(11-2)4-7(9)8(5)10/h3-4H,1-2H3. The minimum atomic E-state index is -0.512. The first-order valence-electron chi connectivity index (χ1n) is 3.18. The first-order valence-corrected chi connectivity index (χ1v) is 3.18. The van der Waals surface area contributed by atoms with Crippen LogP contribution in [0.25, 0.3) is 0 Å². The molecule has 0 aliphatic heterocycles. The van der Waals surface area contributed by atoms with Crippen molar-refractivity contribution in [2.24, 2.45) is 0 Å². The second kappa shape index (κ2) is 2.70. The Kier molecular flexibility index (Phi) is 1.89. The molecule has 1 rings (SSSR count). The van der Waals surface area contributed by atoms with E-state index < -0.39 is 11.6 Å². The summed E-state index contributed by atoms with van der Waals surface area (Å²) in [6.45, 7) is 1.59. The van der Waals surface area contributed by atoms with Crippen molar-refractivity contribution in [3.63, 3.8) is 0 Å². The maximum atomic E-state index is 10.9. The molecule has 0 aromatic carbocycles. The molecule has 1 aliphatic rings. The van der Waals surface area contributed by atoms with Crippen molar-refractivity contribution in [1.29, 1.82) is 0 Å². The van der Waals surface area contributed by atoms with Gasteiger partial charge in [0, 0.05) is 11.6 Å². The van der Waals surface area contributed by atoms with Crippen molar-refractivity contribution >= 4 is 11.6 Å². The highest BCUT2D eigenvalue weighted by molar-refractivity contribution is 6.48. The maximum absolute atomic E-state index is 10.9. The SMILES string of the molecule is COC1=CC(=O)C(=O)C(C)=C1. The van der Waals surface area contributed by atoms with Gasteiger partial charge in [0.25, 0.3) is 0 Å². The van der Waals surface area contributed by atoms with E-state index in [1.807, 2.05) is 0 Å². The third kappa shape index (κ3) is 1.37. The molecule has 3 nitrogen and oxygen atoms in total. The Labute approximate surface area is 64.3 Å². The second-order valence-electron chi connectivity index (χ2n) is 2.27. The Balaban J connectivity index is 3.00. The van der Waals surface area contributed by atoms with E-state index in [-0.39, 0.29) is 0 Å². The Morgan fingerprint density at radius 3 is 2.36 bits per heavy atom. The van der Waals surface area contributed by atoms with Crippen molar-refractivity contribution in [2.75, 3.05) is 7.11 Å². The molecular formula is C8H8O3. The predicted octanol–water partition coefficient (Wildman–Crippen LogP) is 0.615. The molecule has 58 valence electrons. The van der Waals surface area contributed by atoms with Gasteiger partial charge in [-0.1, -0.05) is 0 Å². The van der Waals surface area contributed by atoms with Gasteiger partial charge in [-0.3, -0.25) is 9.59 Å². The van der Waals surface area contributed by atoms with Crippen molar-refractivity contribution in [3.05, 3.63) is 23.5 Å². The summed E-state index contributed by atoms with van der Waals surface area (Å²) in [5.41, 5.74) is 0.425. The van der Waals surface area contributed by atoms with E-state index in [4.69, 9.17) is 4.74 Å². The van der Waals surface area contributed by atoms with Crippen molar-refractivity contribution in [2.45, 2.75) is 6.92 Å². The zero-order valence-electron chi connectivity index (χ0n) is 6.38. The van der Waals surface area contributed by atoms with Crippen LogP contribution in [0, 0.1) is 0 Å². The molecule has 0 bridgehead atoms. The number of hydrogen-bond donors (Lipinski definition) is 0. The molecule has 0 saturated heterocycles. The highest BCUT2D eigenvalue weighted by Crippen LogP contribution is 2.11. The summed E-state index contributed by atoms with van der Waals surface area (Å²) in [5.74, 6) is -0.528. The number of hydrogen-bond acceptors (Lipinski definition) is 3. The van der Waals surface area contributed by atoms with Gasteiger partial charge in [-0.15, -0.1) is 0 Å². The fourth-order valence-electron chi connectivity index (χ4n) is 0.828. The summed E-state index contributed by atoms with van der Waals surface area (Å²) >= 11 is 0. The number of Topliss-reactive ketones (excluding diaryl/α,β-unsaturated/α-hetero) is 1. The quantitative estimate of drug-likeness (QED) is 0.408. The van der Waals surface area contributed by atoms with Gasteiger partial charge in [0.15, 0.2) is 0 Å². The number of carbonyl (C=O) groups is 2. The lowest BCUT2D eigenvalue weighted by Gasteiger charge is -2.06. The van der Waals surface area contributed by atoms with Gasteiger partial charge in [0.05, 0.1) is 7.11 Å². The van der Waals surface area contributed by atoms with Gasteiger partial charge in [0.1, 0.15) is 5.76 Å². The Morgan fingerprint density at radius 2 is 1.91 bits per heavy atom. The number of rotatable bonds is 1. The fourth-order valence-corrected chi connectivity index (χ4v) is 0.828. The van der Waals surface area contributed by atoms with E-state index in [1.54, 1.807) is 13.0 Å². The number of methoxy groups -OCH3 is 1. The minimum Gasteiger partial charge on any atom is -0.497 e. The van der Waals surface area contributed by atoms with Gasteiger partial charge in [-0.2, -0.15) is 0 Å². The van der Waals surface area contributed by atoms with E-state index >= 15 is 0 Å². The average molecular weight is 152 g/mol. The van der Waals surface area contributed by atoms with Crippen LogP contribution >= 0.6 is 0 Å². The molecule has 0 radical (unpaired) electrons. The molecule has 3 heteroatoms. The van der Waals surface area contributed by atoms with Crippen molar-refractivity contribution < 1.29 is 14.3 Å². The monoisotopic (exact) mass is 152 g/mol. The van der Waals surface area contributed by atoms with Gasteiger partial charge >= 0.3 is 0 Å². The first kappa shape index (κ1) is 7.72. The van der Waals surface area contributed by atoms with Crippen LogP contribution in [0.15, 0.2) is 23.5 Å². The molecule has 0 spiro atoms. The summed E-state index contributed by atoms with van der Waals surface area (Å²) in [7, 11) is 1.46. The molecular weight excluding hydrogens is 144 g/mol. The first-order chi connectivity index (χ1) is 5.15. The van der Waals surface area contributed by atoms with E-state index in [1.165, 1.54) is 13.2 Å². The average Bonchev–Trinajstić information content (AvgIpc) is 1.99. The van der Waals surface area contributed by atoms with Gasteiger partial charge < -0.3 is 4.74 Å². The van der Waals surface area contributed by atoms with Gasteiger partial charge in [-0.25, -0.2) is 0 Å². The van der Waals surface area contributed by atoms with Crippen LogP contribution in [0.2, 0.25) is 0 Å². The lowest BCUT2D eigenvalue weighted by atomic mass is 10.0. The Hall–Kier alpha value is -1.38. The van der Waals surface area contributed by atoms with Crippen molar-refractivity contribution in [3.8, 4) is 0 Å². The summed E-state index contributed by atoms with van der Waals surface area (Å²) in [6, 6.07) is 0. The molecule has 0 fully saturated rings. The fraction of sp³-hybridized carbons (Fsp3) is 0.250. The van der Waals surface area contributed by atoms with Crippen LogP contribution in [0.3, 0.4) is 0 Å². The molecule has 0 saturated carbocycles. The molecule has 0 unspecified atom stereocenters. The van der Waals surface area contributed by atoms with Gasteiger partial charge in [0.2, 0.25) is 11.6 Å². The molecule has 0 aromatic rings.